The van der Waals surface area contributed by atoms with Crippen LogP contribution >= 0.6 is 0 Å². The molecule has 1 fully saturated rings. The van der Waals surface area contributed by atoms with Crippen LogP contribution in [-0.4, -0.2) is 31.5 Å². The molecule has 0 radical (unpaired) electrons. The molecular weight excluding hydrogens is 438 g/mol. The van der Waals surface area contributed by atoms with E-state index in [9.17, 15) is 9.59 Å². The summed E-state index contributed by atoms with van der Waals surface area (Å²) in [6.45, 7) is 6.43. The van der Waals surface area contributed by atoms with Crippen LogP contribution in [0, 0.1) is 6.92 Å². The van der Waals surface area contributed by atoms with Crippen LogP contribution in [0.15, 0.2) is 78.5 Å². The zero-order valence-corrected chi connectivity index (χ0v) is 20.1. The van der Waals surface area contributed by atoms with E-state index in [1.165, 1.54) is 23.4 Å². The Morgan fingerprint density at radius 2 is 1.54 bits per heavy atom. The van der Waals surface area contributed by atoms with Crippen molar-refractivity contribution in [3.8, 4) is 5.75 Å². The van der Waals surface area contributed by atoms with Crippen molar-refractivity contribution in [2.45, 2.75) is 26.7 Å². The van der Waals surface area contributed by atoms with Gasteiger partial charge in [0.25, 0.3) is 11.8 Å². The zero-order chi connectivity index (χ0) is 24.4. The molecule has 0 saturated carbocycles. The summed E-state index contributed by atoms with van der Waals surface area (Å²) in [5.41, 5.74) is 4.76. The van der Waals surface area contributed by atoms with Crippen LogP contribution in [0.25, 0.3) is 5.57 Å². The van der Waals surface area contributed by atoms with Gasteiger partial charge in [0.2, 0.25) is 0 Å². The third kappa shape index (κ3) is 4.39. The maximum absolute atomic E-state index is 13.7. The molecular formula is C29H29N3O3. The number of carbonyl (C=O) groups excluding carboxylic acids is 2. The number of hydrogen-bond acceptors (Lipinski definition) is 5. The Kier molecular flexibility index (Phi) is 6.27. The number of nitrogens with zero attached hydrogens (tertiary/aromatic N) is 2. The fraction of sp³-hybridized carbons (Fsp3) is 0.241. The Morgan fingerprint density at radius 1 is 0.857 bits per heavy atom. The van der Waals surface area contributed by atoms with Crippen LogP contribution in [0.4, 0.5) is 17.1 Å². The molecule has 2 amide bonds. The second kappa shape index (κ2) is 9.66. The fourth-order valence-corrected chi connectivity index (χ4v) is 4.65. The van der Waals surface area contributed by atoms with Gasteiger partial charge >= 0.3 is 0 Å². The summed E-state index contributed by atoms with van der Waals surface area (Å²) in [5, 5.41) is 3.26. The summed E-state index contributed by atoms with van der Waals surface area (Å²) in [5.74, 6) is -0.278. The highest BCUT2D eigenvalue weighted by molar-refractivity contribution is 6.46. The van der Waals surface area contributed by atoms with E-state index in [2.05, 4.69) is 22.3 Å². The van der Waals surface area contributed by atoms with Crippen LogP contribution in [-0.2, 0) is 9.59 Å². The number of imide groups is 1. The van der Waals surface area contributed by atoms with Gasteiger partial charge in [0.1, 0.15) is 11.4 Å². The van der Waals surface area contributed by atoms with Crippen LogP contribution < -0.4 is 19.9 Å². The van der Waals surface area contributed by atoms with Crippen LogP contribution in [0.1, 0.15) is 30.9 Å². The molecule has 5 rings (SSSR count). The minimum Gasteiger partial charge on any atom is -0.492 e. The number of rotatable bonds is 7. The Balaban J connectivity index is 1.53. The number of aryl methyl sites for hydroxylation is 1. The topological polar surface area (TPSA) is 61.9 Å². The second-order valence-electron chi connectivity index (χ2n) is 8.83. The average molecular weight is 468 g/mol. The molecule has 1 N–H and O–H groups in total. The lowest BCUT2D eigenvalue weighted by Gasteiger charge is -2.19. The van der Waals surface area contributed by atoms with E-state index < -0.39 is 5.91 Å². The van der Waals surface area contributed by atoms with Crippen molar-refractivity contribution in [3.63, 3.8) is 0 Å². The molecule has 3 aromatic carbocycles. The molecule has 2 heterocycles. The molecule has 0 atom stereocenters. The van der Waals surface area contributed by atoms with Crippen molar-refractivity contribution in [3.05, 3.63) is 89.6 Å². The summed E-state index contributed by atoms with van der Waals surface area (Å²) in [6.07, 6.45) is 2.42. The molecule has 3 aromatic rings. The van der Waals surface area contributed by atoms with Gasteiger partial charge in [0.15, 0.2) is 0 Å². The monoisotopic (exact) mass is 467 g/mol. The first-order chi connectivity index (χ1) is 17.1. The lowest BCUT2D eigenvalue weighted by Crippen LogP contribution is -2.32. The first-order valence-corrected chi connectivity index (χ1v) is 12.1. The maximum Gasteiger partial charge on any atom is 0.282 e. The minimum absolute atomic E-state index is 0.263. The van der Waals surface area contributed by atoms with Crippen molar-refractivity contribution in [1.82, 2.24) is 0 Å². The molecule has 2 aliphatic rings. The van der Waals surface area contributed by atoms with Crippen molar-refractivity contribution in [2.24, 2.45) is 0 Å². The van der Waals surface area contributed by atoms with E-state index >= 15 is 0 Å². The number of hydrogen-bond donors (Lipinski definition) is 1. The summed E-state index contributed by atoms with van der Waals surface area (Å²) in [6, 6.07) is 22.8. The molecule has 1 saturated heterocycles. The number of nitrogens with one attached hydrogen (secondary N) is 1. The van der Waals surface area contributed by atoms with E-state index in [0.29, 0.717) is 29.2 Å². The SMILES string of the molecule is CCOc1ccccc1N1C(=O)C(Nc2ccc(N3CCCC3)cc2)=C(c2ccc(C)cc2)C1=O. The third-order valence-electron chi connectivity index (χ3n) is 6.44. The van der Waals surface area contributed by atoms with Gasteiger partial charge in [-0.2, -0.15) is 0 Å². The Morgan fingerprint density at radius 3 is 2.23 bits per heavy atom. The Labute approximate surface area is 205 Å². The highest BCUT2D eigenvalue weighted by Crippen LogP contribution is 2.38. The third-order valence-corrected chi connectivity index (χ3v) is 6.44. The number of benzene rings is 3. The highest BCUT2D eigenvalue weighted by atomic mass is 16.5. The van der Waals surface area contributed by atoms with Crippen molar-refractivity contribution < 1.29 is 14.3 Å². The van der Waals surface area contributed by atoms with Crippen LogP contribution in [0.3, 0.4) is 0 Å². The first-order valence-electron chi connectivity index (χ1n) is 12.1. The van der Waals surface area contributed by atoms with Crippen LogP contribution in [0.5, 0.6) is 5.75 Å². The smallest absolute Gasteiger partial charge is 0.282 e. The molecule has 2 aliphatic heterocycles. The predicted molar refractivity (Wildman–Crippen MR) is 140 cm³/mol. The molecule has 0 bridgehead atoms. The molecule has 6 heteroatoms. The number of anilines is 3. The average Bonchev–Trinajstić information content (AvgIpc) is 3.49. The normalized spacial score (nSPS) is 15.8. The van der Waals surface area contributed by atoms with Gasteiger partial charge in [-0.3, -0.25) is 9.59 Å². The van der Waals surface area contributed by atoms with E-state index in [-0.39, 0.29) is 11.6 Å². The lowest BCUT2D eigenvalue weighted by molar-refractivity contribution is -0.120. The first kappa shape index (κ1) is 22.7. The van der Waals surface area contributed by atoms with E-state index in [0.717, 1.165) is 24.3 Å². The minimum atomic E-state index is -0.402. The summed E-state index contributed by atoms with van der Waals surface area (Å²) in [4.78, 5) is 31.0. The van der Waals surface area contributed by atoms with E-state index in [1.807, 2.05) is 56.3 Å². The van der Waals surface area contributed by atoms with E-state index in [1.54, 1.807) is 18.2 Å². The fourth-order valence-electron chi connectivity index (χ4n) is 4.65. The second-order valence-corrected chi connectivity index (χ2v) is 8.83. The Bertz CT molecular complexity index is 1270. The summed E-state index contributed by atoms with van der Waals surface area (Å²) >= 11 is 0. The zero-order valence-electron chi connectivity index (χ0n) is 20.1. The van der Waals surface area contributed by atoms with Gasteiger partial charge in [-0.15, -0.1) is 0 Å². The van der Waals surface area contributed by atoms with E-state index in [4.69, 9.17) is 4.74 Å². The number of carbonyl (C=O) groups is 2. The number of amides is 2. The van der Waals surface area contributed by atoms with Gasteiger partial charge in [0, 0.05) is 24.5 Å². The standard InChI is InChI=1S/C29H29N3O3/c1-3-35-25-9-5-4-8-24(25)32-28(33)26(21-12-10-20(2)11-13-21)27(29(32)34)30-22-14-16-23(17-15-22)31-18-6-7-19-31/h4-5,8-17,30H,3,6-7,18-19H2,1-2H3. The van der Waals surface area contributed by atoms with Crippen LogP contribution in [0.2, 0.25) is 0 Å². The van der Waals surface area contributed by atoms with Crippen molar-refractivity contribution in [1.29, 1.82) is 0 Å². The molecule has 0 aliphatic carbocycles. The van der Waals surface area contributed by atoms with Gasteiger partial charge in [-0.1, -0.05) is 42.0 Å². The molecule has 0 spiro atoms. The molecule has 35 heavy (non-hydrogen) atoms. The molecule has 178 valence electrons. The number of ether oxygens (including phenoxy) is 1. The molecule has 0 aromatic heterocycles. The highest BCUT2D eigenvalue weighted by Gasteiger charge is 2.41. The van der Waals surface area contributed by atoms with Crippen molar-refractivity contribution in [2.75, 3.05) is 34.8 Å². The largest absolute Gasteiger partial charge is 0.492 e. The van der Waals surface area contributed by atoms with Gasteiger partial charge < -0.3 is 15.0 Å². The molecule has 0 unspecified atom stereocenters. The maximum atomic E-state index is 13.7. The Hall–Kier alpha value is -4.06. The van der Waals surface area contributed by atoms with Gasteiger partial charge in [0.05, 0.1) is 17.9 Å². The predicted octanol–water partition coefficient (Wildman–Crippen LogP) is 5.39. The summed E-state index contributed by atoms with van der Waals surface area (Å²) < 4.78 is 5.73. The van der Waals surface area contributed by atoms with Crippen molar-refractivity contribution >= 4 is 34.4 Å². The lowest BCUT2D eigenvalue weighted by atomic mass is 10.0. The van der Waals surface area contributed by atoms with Gasteiger partial charge in [-0.25, -0.2) is 4.90 Å². The quantitative estimate of drug-likeness (QED) is 0.472. The number of para-hydroxylation sites is 2. The molecule has 6 nitrogen and oxygen atoms in total. The van der Waals surface area contributed by atoms with Gasteiger partial charge in [-0.05, 0) is 68.7 Å². The summed E-state index contributed by atoms with van der Waals surface area (Å²) in [7, 11) is 0.